The Hall–Kier alpha value is -3.11. The van der Waals surface area contributed by atoms with Crippen molar-refractivity contribution in [1.82, 2.24) is 20.2 Å². The Kier molecular flexibility index (Phi) is 8.25. The van der Waals surface area contributed by atoms with E-state index < -0.39 is 0 Å². The molecule has 1 saturated carbocycles. The van der Waals surface area contributed by atoms with Gasteiger partial charge in [-0.15, -0.1) is 0 Å². The fourth-order valence-electron chi connectivity index (χ4n) is 4.91. The average molecular weight is 525 g/mol. The van der Waals surface area contributed by atoms with Crippen LogP contribution in [-0.4, -0.2) is 52.4 Å². The molecule has 2 fully saturated rings. The third-order valence-electron chi connectivity index (χ3n) is 6.89. The van der Waals surface area contributed by atoms with Gasteiger partial charge in [0.15, 0.2) is 5.16 Å². The third kappa shape index (κ3) is 6.42. The summed E-state index contributed by atoms with van der Waals surface area (Å²) < 4.78 is 12.6. The number of benzene rings is 1. The van der Waals surface area contributed by atoms with E-state index in [1.807, 2.05) is 0 Å². The van der Waals surface area contributed by atoms with Crippen LogP contribution in [0.2, 0.25) is 0 Å². The zero-order valence-corrected chi connectivity index (χ0v) is 21.6. The molecule has 1 unspecified atom stereocenters. The van der Waals surface area contributed by atoms with Crippen LogP contribution >= 0.6 is 11.8 Å². The summed E-state index contributed by atoms with van der Waals surface area (Å²) in [5.74, 6) is 0.453. The van der Waals surface area contributed by atoms with Crippen LogP contribution in [0.15, 0.2) is 51.0 Å². The number of furan rings is 1. The van der Waals surface area contributed by atoms with E-state index in [0.717, 1.165) is 45.1 Å². The summed E-state index contributed by atoms with van der Waals surface area (Å²) in [6, 6.07) is 8.67. The maximum atomic E-state index is 13.5. The minimum atomic E-state index is -0.247. The monoisotopic (exact) mass is 524 g/mol. The zero-order valence-electron chi connectivity index (χ0n) is 20.7. The van der Waals surface area contributed by atoms with Crippen molar-refractivity contribution in [1.29, 1.82) is 0 Å². The number of aromatic nitrogens is 2. The van der Waals surface area contributed by atoms with Crippen molar-refractivity contribution in [3.8, 4) is 0 Å². The molecule has 196 valence electrons. The van der Waals surface area contributed by atoms with Gasteiger partial charge in [0.05, 0.1) is 35.6 Å². The van der Waals surface area contributed by atoms with Crippen LogP contribution in [0.1, 0.15) is 61.1 Å². The van der Waals surface area contributed by atoms with Crippen molar-refractivity contribution < 1.29 is 18.7 Å². The van der Waals surface area contributed by atoms with Crippen LogP contribution in [0.3, 0.4) is 0 Å². The van der Waals surface area contributed by atoms with E-state index >= 15 is 0 Å². The number of nitrogens with zero attached hydrogens (tertiary/aromatic N) is 2. The van der Waals surface area contributed by atoms with Crippen molar-refractivity contribution in [2.75, 3.05) is 18.9 Å². The molecule has 37 heavy (non-hydrogen) atoms. The number of hydrogen-bond donors (Lipinski definition) is 2. The molecule has 2 aromatic heterocycles. The van der Waals surface area contributed by atoms with Crippen LogP contribution in [0.5, 0.6) is 0 Å². The molecule has 0 radical (unpaired) electrons. The molecule has 1 aliphatic carbocycles. The van der Waals surface area contributed by atoms with E-state index in [0.29, 0.717) is 33.9 Å². The predicted octanol–water partition coefficient (Wildman–Crippen LogP) is 3.49. The number of rotatable bonds is 9. The second kappa shape index (κ2) is 12.0. The highest BCUT2D eigenvalue weighted by Crippen LogP contribution is 2.22. The summed E-state index contributed by atoms with van der Waals surface area (Å²) in [5, 5.41) is 6.83. The molecule has 2 N–H and O–H groups in total. The molecule has 5 rings (SSSR count). The first-order chi connectivity index (χ1) is 18.1. The quantitative estimate of drug-likeness (QED) is 0.325. The predicted molar refractivity (Wildman–Crippen MR) is 141 cm³/mol. The Morgan fingerprint density at radius 2 is 1.97 bits per heavy atom. The van der Waals surface area contributed by atoms with Crippen LogP contribution in [0.4, 0.5) is 0 Å². The molecule has 0 bridgehead atoms. The molecule has 0 spiro atoms. The SMILES string of the molecule is O=C(CSc1nc2cc(C(=O)NCC3CCCO3)ccc2c(=O)n1Cc1ccco1)NC1CCCCC1. The van der Waals surface area contributed by atoms with Crippen molar-refractivity contribution in [3.05, 3.63) is 58.3 Å². The Bertz CT molecular complexity index is 1290. The molecule has 1 atom stereocenters. The molecular formula is C27H32N4O5S. The summed E-state index contributed by atoms with van der Waals surface area (Å²) in [6.07, 6.45) is 9.04. The highest BCUT2D eigenvalue weighted by Gasteiger charge is 2.20. The first-order valence-corrected chi connectivity index (χ1v) is 13.9. The summed E-state index contributed by atoms with van der Waals surface area (Å²) in [5.41, 5.74) is 0.593. The topological polar surface area (TPSA) is 115 Å². The summed E-state index contributed by atoms with van der Waals surface area (Å²) >= 11 is 1.22. The standard InChI is InChI=1S/C27H32N4O5S/c32-24(29-19-6-2-1-3-7-19)17-37-27-30-23-14-18(25(33)28-15-20-8-4-12-35-20)10-11-22(23)26(34)31(27)16-21-9-5-13-36-21/h5,9-11,13-14,19-20H,1-4,6-8,12,15-17H2,(H,28,33)(H,29,32). The highest BCUT2D eigenvalue weighted by molar-refractivity contribution is 7.99. The molecule has 2 amide bonds. The lowest BCUT2D eigenvalue weighted by Gasteiger charge is -2.22. The number of carbonyl (C=O) groups excluding carboxylic acids is 2. The average Bonchev–Trinajstić information content (AvgIpc) is 3.63. The van der Waals surface area contributed by atoms with Gasteiger partial charge in [-0.1, -0.05) is 31.0 Å². The first kappa shape index (κ1) is 25.5. The van der Waals surface area contributed by atoms with Gasteiger partial charge in [0, 0.05) is 24.8 Å². The minimum Gasteiger partial charge on any atom is -0.467 e. The van der Waals surface area contributed by atoms with Gasteiger partial charge in [0.1, 0.15) is 5.76 Å². The number of amides is 2. The highest BCUT2D eigenvalue weighted by atomic mass is 32.2. The van der Waals surface area contributed by atoms with Crippen molar-refractivity contribution in [2.24, 2.45) is 0 Å². The van der Waals surface area contributed by atoms with E-state index in [1.54, 1.807) is 36.6 Å². The van der Waals surface area contributed by atoms with Crippen molar-refractivity contribution in [3.63, 3.8) is 0 Å². The molecule has 1 aromatic carbocycles. The Balaban J connectivity index is 1.37. The fourth-order valence-corrected chi connectivity index (χ4v) is 5.72. The second-order valence-corrected chi connectivity index (χ2v) is 10.6. The number of ether oxygens (including phenoxy) is 1. The largest absolute Gasteiger partial charge is 0.467 e. The normalized spacial score (nSPS) is 18.2. The van der Waals surface area contributed by atoms with Gasteiger partial charge in [0.25, 0.3) is 11.5 Å². The van der Waals surface area contributed by atoms with Gasteiger partial charge in [-0.2, -0.15) is 0 Å². The zero-order chi connectivity index (χ0) is 25.6. The summed E-state index contributed by atoms with van der Waals surface area (Å²) in [4.78, 5) is 43.6. The van der Waals surface area contributed by atoms with E-state index in [4.69, 9.17) is 14.1 Å². The molecule has 2 aliphatic rings. The van der Waals surface area contributed by atoms with Gasteiger partial charge in [-0.25, -0.2) is 4.98 Å². The molecule has 9 nitrogen and oxygen atoms in total. The molecule has 3 heterocycles. The van der Waals surface area contributed by atoms with Crippen LogP contribution < -0.4 is 16.2 Å². The number of nitrogens with one attached hydrogen (secondary N) is 2. The van der Waals surface area contributed by atoms with Crippen LogP contribution in [0.25, 0.3) is 10.9 Å². The minimum absolute atomic E-state index is 0.0408. The number of hydrogen-bond acceptors (Lipinski definition) is 7. The smallest absolute Gasteiger partial charge is 0.262 e. The van der Waals surface area contributed by atoms with Crippen LogP contribution in [0, 0.1) is 0 Å². The molecule has 3 aromatic rings. The molecule has 1 saturated heterocycles. The van der Waals surface area contributed by atoms with Crippen molar-refractivity contribution in [2.45, 2.75) is 68.8 Å². The maximum absolute atomic E-state index is 13.5. The lowest BCUT2D eigenvalue weighted by Crippen LogP contribution is -2.37. The summed E-state index contributed by atoms with van der Waals surface area (Å²) in [7, 11) is 0. The number of carbonyl (C=O) groups is 2. The van der Waals surface area contributed by atoms with E-state index in [1.165, 1.54) is 22.7 Å². The lowest BCUT2D eigenvalue weighted by molar-refractivity contribution is -0.119. The van der Waals surface area contributed by atoms with Gasteiger partial charge < -0.3 is 19.8 Å². The van der Waals surface area contributed by atoms with Crippen molar-refractivity contribution >= 4 is 34.5 Å². The maximum Gasteiger partial charge on any atom is 0.262 e. The molecule has 1 aliphatic heterocycles. The Labute approximate surface area is 219 Å². The van der Waals surface area contributed by atoms with E-state index in [2.05, 4.69) is 10.6 Å². The summed E-state index contributed by atoms with van der Waals surface area (Å²) in [6.45, 7) is 1.38. The van der Waals surface area contributed by atoms with Gasteiger partial charge >= 0.3 is 0 Å². The third-order valence-corrected chi connectivity index (χ3v) is 7.87. The molecular weight excluding hydrogens is 492 g/mol. The van der Waals surface area contributed by atoms with Gasteiger partial charge in [-0.3, -0.25) is 19.0 Å². The van der Waals surface area contributed by atoms with E-state index in [9.17, 15) is 14.4 Å². The van der Waals surface area contributed by atoms with Crippen LogP contribution in [-0.2, 0) is 16.1 Å². The lowest BCUT2D eigenvalue weighted by atomic mass is 9.95. The second-order valence-electron chi connectivity index (χ2n) is 9.63. The Morgan fingerprint density at radius 1 is 1.11 bits per heavy atom. The number of fused-ring (bicyclic) bond motifs is 1. The van der Waals surface area contributed by atoms with Gasteiger partial charge in [0.2, 0.25) is 5.91 Å². The first-order valence-electron chi connectivity index (χ1n) is 13.0. The van der Waals surface area contributed by atoms with Gasteiger partial charge in [-0.05, 0) is 56.0 Å². The number of thioether (sulfide) groups is 1. The fraction of sp³-hybridized carbons (Fsp3) is 0.481. The van der Waals surface area contributed by atoms with E-state index in [-0.39, 0.29) is 41.8 Å². The molecule has 10 heteroatoms. The Morgan fingerprint density at radius 3 is 2.73 bits per heavy atom.